The van der Waals surface area contributed by atoms with E-state index in [4.69, 9.17) is 0 Å². The standard InChI is InChI=1S/C16H19NO3/c1-2-10-7-8-14(18)12(9-10)16(20)11-5-3-4-6-13(11)17-15(16)19/h3-6,10,12,20H,2,7-9H2,1H3,(H,17,19)/t10-,12-,16-/m1/s1. The van der Waals surface area contributed by atoms with Crippen LogP contribution in [0.3, 0.4) is 0 Å². The largest absolute Gasteiger partial charge is 0.375 e. The van der Waals surface area contributed by atoms with Gasteiger partial charge in [-0.25, -0.2) is 0 Å². The zero-order chi connectivity index (χ0) is 14.3. The van der Waals surface area contributed by atoms with Gasteiger partial charge in [0.25, 0.3) is 5.91 Å². The van der Waals surface area contributed by atoms with Crippen molar-refractivity contribution >= 4 is 17.4 Å². The van der Waals surface area contributed by atoms with E-state index >= 15 is 0 Å². The third kappa shape index (κ3) is 1.79. The summed E-state index contributed by atoms with van der Waals surface area (Å²) in [5.74, 6) is -0.676. The van der Waals surface area contributed by atoms with Crippen molar-refractivity contribution in [3.8, 4) is 0 Å². The van der Waals surface area contributed by atoms with E-state index in [1.165, 1.54) is 0 Å². The van der Waals surface area contributed by atoms with E-state index in [2.05, 4.69) is 12.2 Å². The lowest BCUT2D eigenvalue weighted by atomic mass is 9.69. The van der Waals surface area contributed by atoms with E-state index in [-0.39, 0.29) is 5.78 Å². The Morgan fingerprint density at radius 2 is 2.10 bits per heavy atom. The molecule has 3 rings (SSSR count). The molecule has 1 aromatic rings. The Balaban J connectivity index is 2.03. The monoisotopic (exact) mass is 273 g/mol. The van der Waals surface area contributed by atoms with Crippen LogP contribution in [0.1, 0.15) is 38.2 Å². The quantitative estimate of drug-likeness (QED) is 0.868. The van der Waals surface area contributed by atoms with Crippen molar-refractivity contribution in [1.29, 1.82) is 0 Å². The maximum Gasteiger partial charge on any atom is 0.261 e. The average Bonchev–Trinajstić information content (AvgIpc) is 2.72. The maximum absolute atomic E-state index is 12.3. The summed E-state index contributed by atoms with van der Waals surface area (Å²) in [6.45, 7) is 2.09. The molecule has 0 saturated heterocycles. The number of hydrogen-bond acceptors (Lipinski definition) is 3. The highest BCUT2D eigenvalue weighted by Crippen LogP contribution is 2.46. The minimum atomic E-state index is -1.69. The summed E-state index contributed by atoms with van der Waals surface area (Å²) in [6.07, 6.45) is 2.89. The molecular weight excluding hydrogens is 254 g/mol. The SMILES string of the molecule is CC[C@@H]1CCC(=O)[C@H]([C@@]2(O)C(=O)Nc3ccccc32)C1. The molecule has 0 bridgehead atoms. The molecule has 1 amide bonds. The zero-order valence-electron chi connectivity index (χ0n) is 11.6. The summed E-state index contributed by atoms with van der Waals surface area (Å²) in [5, 5.41) is 13.7. The predicted molar refractivity (Wildman–Crippen MR) is 75.1 cm³/mol. The van der Waals surface area contributed by atoms with Gasteiger partial charge in [-0.1, -0.05) is 31.5 Å². The number of rotatable bonds is 2. The number of fused-ring (bicyclic) bond motifs is 1. The number of para-hydroxylation sites is 1. The first kappa shape index (κ1) is 13.3. The number of aliphatic hydroxyl groups is 1. The molecule has 4 heteroatoms. The molecule has 0 spiro atoms. The molecule has 1 heterocycles. The van der Waals surface area contributed by atoms with Crippen LogP contribution in [-0.2, 0) is 15.2 Å². The van der Waals surface area contributed by atoms with Gasteiger partial charge in [0.15, 0.2) is 5.60 Å². The van der Waals surface area contributed by atoms with Crippen molar-refractivity contribution in [3.05, 3.63) is 29.8 Å². The van der Waals surface area contributed by atoms with Crippen molar-refractivity contribution in [3.63, 3.8) is 0 Å². The lowest BCUT2D eigenvalue weighted by molar-refractivity contribution is -0.152. The number of hydrogen-bond donors (Lipinski definition) is 2. The molecule has 2 N–H and O–H groups in total. The Bertz CT molecular complexity index is 569. The first-order valence-corrected chi connectivity index (χ1v) is 7.23. The fraction of sp³-hybridized carbons (Fsp3) is 0.500. The lowest BCUT2D eigenvalue weighted by Crippen LogP contribution is -2.47. The highest BCUT2D eigenvalue weighted by molar-refractivity contribution is 6.08. The van der Waals surface area contributed by atoms with Gasteiger partial charge in [-0.3, -0.25) is 9.59 Å². The third-order valence-electron chi connectivity index (χ3n) is 4.77. The Kier molecular flexibility index (Phi) is 3.13. The fourth-order valence-corrected chi connectivity index (χ4v) is 3.49. The van der Waals surface area contributed by atoms with Crippen LogP contribution < -0.4 is 5.32 Å². The molecule has 0 unspecified atom stereocenters. The van der Waals surface area contributed by atoms with Crippen LogP contribution in [0.25, 0.3) is 0 Å². The van der Waals surface area contributed by atoms with E-state index in [9.17, 15) is 14.7 Å². The molecular formula is C16H19NO3. The average molecular weight is 273 g/mol. The maximum atomic E-state index is 12.3. The molecule has 1 saturated carbocycles. The minimum absolute atomic E-state index is 0.00375. The van der Waals surface area contributed by atoms with Crippen LogP contribution in [0.2, 0.25) is 0 Å². The number of Topliss-reactive ketones (excluding diaryl/α,β-unsaturated/α-hetero) is 1. The Morgan fingerprint density at radius 1 is 1.35 bits per heavy atom. The van der Waals surface area contributed by atoms with Gasteiger partial charge >= 0.3 is 0 Å². The van der Waals surface area contributed by atoms with Gasteiger partial charge in [-0.2, -0.15) is 0 Å². The van der Waals surface area contributed by atoms with E-state index in [0.717, 1.165) is 12.8 Å². The first-order chi connectivity index (χ1) is 9.57. The number of nitrogens with one attached hydrogen (secondary N) is 1. The number of carbonyl (C=O) groups is 2. The van der Waals surface area contributed by atoms with Crippen LogP contribution in [0.4, 0.5) is 5.69 Å². The minimum Gasteiger partial charge on any atom is -0.375 e. The molecule has 1 fully saturated rings. The number of ketones is 1. The molecule has 1 aliphatic heterocycles. The van der Waals surface area contributed by atoms with Crippen molar-refractivity contribution in [1.82, 2.24) is 0 Å². The Hall–Kier alpha value is -1.68. The van der Waals surface area contributed by atoms with E-state index in [1.807, 2.05) is 6.07 Å². The summed E-state index contributed by atoms with van der Waals surface area (Å²) in [6, 6.07) is 7.09. The van der Waals surface area contributed by atoms with Crippen molar-refractivity contribution in [2.24, 2.45) is 11.8 Å². The van der Waals surface area contributed by atoms with E-state index < -0.39 is 17.4 Å². The van der Waals surface area contributed by atoms with Crippen LogP contribution in [0.5, 0.6) is 0 Å². The number of carbonyl (C=O) groups excluding carboxylic acids is 2. The molecule has 20 heavy (non-hydrogen) atoms. The molecule has 0 aromatic heterocycles. The number of anilines is 1. The smallest absolute Gasteiger partial charge is 0.261 e. The van der Waals surface area contributed by atoms with Crippen LogP contribution >= 0.6 is 0 Å². The van der Waals surface area contributed by atoms with Crippen LogP contribution in [0, 0.1) is 11.8 Å². The van der Waals surface area contributed by atoms with Crippen molar-refractivity contribution < 1.29 is 14.7 Å². The second-order valence-corrected chi connectivity index (χ2v) is 5.83. The second kappa shape index (κ2) is 4.70. The summed E-state index contributed by atoms with van der Waals surface area (Å²) in [5.41, 5.74) is -0.534. The van der Waals surface area contributed by atoms with Crippen LogP contribution in [0.15, 0.2) is 24.3 Å². The first-order valence-electron chi connectivity index (χ1n) is 7.23. The normalized spacial score (nSPS) is 32.9. The Labute approximate surface area is 118 Å². The molecule has 1 aliphatic carbocycles. The summed E-state index contributed by atoms with van der Waals surface area (Å²) in [7, 11) is 0. The highest BCUT2D eigenvalue weighted by atomic mass is 16.3. The third-order valence-corrected chi connectivity index (χ3v) is 4.77. The van der Waals surface area contributed by atoms with E-state index in [0.29, 0.717) is 30.0 Å². The van der Waals surface area contributed by atoms with Gasteiger partial charge in [0.2, 0.25) is 0 Å². The summed E-state index contributed by atoms with van der Waals surface area (Å²) >= 11 is 0. The Morgan fingerprint density at radius 3 is 2.85 bits per heavy atom. The molecule has 2 aliphatic rings. The van der Waals surface area contributed by atoms with Gasteiger partial charge in [-0.15, -0.1) is 0 Å². The van der Waals surface area contributed by atoms with Crippen LogP contribution in [-0.4, -0.2) is 16.8 Å². The number of amides is 1. The zero-order valence-corrected chi connectivity index (χ0v) is 11.6. The molecule has 0 radical (unpaired) electrons. The summed E-state index contributed by atoms with van der Waals surface area (Å²) < 4.78 is 0. The van der Waals surface area contributed by atoms with Crippen molar-refractivity contribution in [2.75, 3.05) is 5.32 Å². The highest BCUT2D eigenvalue weighted by Gasteiger charge is 2.54. The van der Waals surface area contributed by atoms with Crippen molar-refractivity contribution in [2.45, 2.75) is 38.2 Å². The van der Waals surface area contributed by atoms with Gasteiger partial charge in [0, 0.05) is 17.7 Å². The van der Waals surface area contributed by atoms with Gasteiger partial charge in [0.1, 0.15) is 5.78 Å². The lowest BCUT2D eigenvalue weighted by Gasteiger charge is -2.35. The molecule has 1 aromatic carbocycles. The van der Waals surface area contributed by atoms with Gasteiger partial charge in [0.05, 0.1) is 5.92 Å². The topological polar surface area (TPSA) is 66.4 Å². The molecule has 3 atom stereocenters. The fourth-order valence-electron chi connectivity index (χ4n) is 3.49. The summed E-state index contributed by atoms with van der Waals surface area (Å²) in [4.78, 5) is 24.5. The van der Waals surface area contributed by atoms with Gasteiger partial charge < -0.3 is 10.4 Å². The molecule has 4 nitrogen and oxygen atoms in total. The molecule has 106 valence electrons. The predicted octanol–water partition coefficient (Wildman–Crippen LogP) is 2.22. The second-order valence-electron chi connectivity index (χ2n) is 5.83. The van der Waals surface area contributed by atoms with E-state index in [1.54, 1.807) is 18.2 Å². The van der Waals surface area contributed by atoms with Gasteiger partial charge in [-0.05, 0) is 24.8 Å². The number of benzene rings is 1.